The summed E-state index contributed by atoms with van der Waals surface area (Å²) in [6.45, 7) is 1.27. The second-order valence-electron chi connectivity index (χ2n) is 3.26. The van der Waals surface area contributed by atoms with E-state index in [4.69, 9.17) is 5.73 Å². The second-order valence-corrected chi connectivity index (χ2v) is 5.09. The summed E-state index contributed by atoms with van der Waals surface area (Å²) in [5.41, 5.74) is 5.42. The van der Waals surface area contributed by atoms with E-state index >= 15 is 0 Å². The number of thiophene rings is 1. The minimum Gasteiger partial charge on any atom is -0.369 e. The Labute approximate surface area is 112 Å². The van der Waals surface area contributed by atoms with Crippen LogP contribution in [0.5, 0.6) is 0 Å². The predicted octanol–water partition coefficient (Wildman–Crippen LogP) is 2.41. The summed E-state index contributed by atoms with van der Waals surface area (Å²) < 4.78 is 1.06. The number of nitrogens with two attached hydrogens (primary N) is 1. The van der Waals surface area contributed by atoms with Crippen LogP contribution in [0.4, 0.5) is 16.6 Å². The molecule has 0 unspecified atom stereocenters. The summed E-state index contributed by atoms with van der Waals surface area (Å²) in [5.74, 6) is 1.53. The maximum absolute atomic E-state index is 5.42. The zero-order chi connectivity index (χ0) is 12.1. The van der Waals surface area contributed by atoms with Gasteiger partial charge < -0.3 is 16.4 Å². The average molecular weight is 314 g/mol. The van der Waals surface area contributed by atoms with Crippen LogP contribution >= 0.6 is 27.3 Å². The normalized spacial score (nSPS) is 10.2. The summed E-state index contributed by atoms with van der Waals surface area (Å²) in [7, 11) is 0. The van der Waals surface area contributed by atoms with Gasteiger partial charge in [-0.2, -0.15) is 0 Å². The Kier molecular flexibility index (Phi) is 4.29. The number of nitrogens with one attached hydrogen (secondary N) is 2. The third-order valence-corrected chi connectivity index (χ3v) is 3.54. The lowest BCUT2D eigenvalue weighted by Gasteiger charge is -2.06. The first-order valence-corrected chi connectivity index (χ1v) is 6.72. The van der Waals surface area contributed by atoms with E-state index in [1.165, 1.54) is 6.33 Å². The maximum Gasteiger partial charge on any atom is 0.136 e. The van der Waals surface area contributed by atoms with Crippen LogP contribution in [0.3, 0.4) is 0 Å². The van der Waals surface area contributed by atoms with Crippen molar-refractivity contribution in [2.45, 2.75) is 0 Å². The van der Waals surface area contributed by atoms with Crippen LogP contribution in [0.2, 0.25) is 0 Å². The molecule has 0 aliphatic heterocycles. The number of rotatable bonds is 5. The lowest BCUT2D eigenvalue weighted by Crippen LogP contribution is -2.14. The molecule has 2 rings (SSSR count). The molecule has 0 bridgehead atoms. The lowest BCUT2D eigenvalue weighted by atomic mass is 10.5. The highest BCUT2D eigenvalue weighted by Crippen LogP contribution is 2.27. The molecule has 0 fully saturated rings. The Bertz CT molecular complexity index is 487. The van der Waals surface area contributed by atoms with Gasteiger partial charge in [0.05, 0.1) is 5.00 Å². The smallest absolute Gasteiger partial charge is 0.136 e. The van der Waals surface area contributed by atoms with E-state index in [1.54, 1.807) is 11.3 Å². The fraction of sp³-hybridized carbons (Fsp3) is 0.200. The minimum atomic E-state index is 0.574. The van der Waals surface area contributed by atoms with Crippen LogP contribution in [0.1, 0.15) is 0 Å². The van der Waals surface area contributed by atoms with E-state index in [0.717, 1.165) is 21.1 Å². The number of hydrogen-bond donors (Lipinski definition) is 3. The molecule has 90 valence electrons. The van der Waals surface area contributed by atoms with Crippen LogP contribution in [-0.4, -0.2) is 23.1 Å². The molecular weight excluding hydrogens is 302 g/mol. The number of aromatic nitrogens is 2. The average Bonchev–Trinajstić information content (AvgIpc) is 2.73. The molecule has 0 saturated carbocycles. The van der Waals surface area contributed by atoms with Crippen LogP contribution in [0.15, 0.2) is 28.3 Å². The largest absolute Gasteiger partial charge is 0.369 e. The van der Waals surface area contributed by atoms with Crippen molar-refractivity contribution in [2.75, 3.05) is 23.7 Å². The van der Waals surface area contributed by atoms with Gasteiger partial charge in [0.25, 0.3) is 0 Å². The van der Waals surface area contributed by atoms with E-state index in [2.05, 4.69) is 36.5 Å². The summed E-state index contributed by atoms with van der Waals surface area (Å²) in [4.78, 5) is 8.25. The minimum absolute atomic E-state index is 0.574. The Hall–Kier alpha value is -1.18. The van der Waals surface area contributed by atoms with Crippen molar-refractivity contribution in [3.63, 3.8) is 0 Å². The molecular formula is C10H12BrN5S. The highest BCUT2D eigenvalue weighted by atomic mass is 79.9. The molecule has 0 aliphatic carbocycles. The van der Waals surface area contributed by atoms with E-state index in [1.807, 2.05) is 17.5 Å². The van der Waals surface area contributed by atoms with Crippen molar-refractivity contribution in [2.24, 2.45) is 5.73 Å². The van der Waals surface area contributed by atoms with Gasteiger partial charge in [-0.3, -0.25) is 0 Å². The molecule has 2 aromatic rings. The molecule has 0 aliphatic rings. The second kappa shape index (κ2) is 5.95. The van der Waals surface area contributed by atoms with Crippen LogP contribution < -0.4 is 16.4 Å². The molecule has 2 heterocycles. The van der Waals surface area contributed by atoms with Gasteiger partial charge in [-0.15, -0.1) is 11.3 Å². The highest BCUT2D eigenvalue weighted by molar-refractivity contribution is 9.10. The monoisotopic (exact) mass is 313 g/mol. The van der Waals surface area contributed by atoms with Crippen molar-refractivity contribution in [1.82, 2.24) is 9.97 Å². The van der Waals surface area contributed by atoms with Gasteiger partial charge in [-0.1, -0.05) is 0 Å². The van der Waals surface area contributed by atoms with Crippen LogP contribution in [0, 0.1) is 0 Å². The Morgan fingerprint density at radius 1 is 1.29 bits per heavy atom. The molecule has 0 aromatic carbocycles. The maximum atomic E-state index is 5.42. The van der Waals surface area contributed by atoms with Gasteiger partial charge in [0.15, 0.2) is 0 Å². The fourth-order valence-electron chi connectivity index (χ4n) is 1.23. The number of nitrogens with zero attached hydrogens (tertiary/aromatic N) is 2. The quantitative estimate of drug-likeness (QED) is 0.790. The third kappa shape index (κ3) is 3.65. The van der Waals surface area contributed by atoms with Gasteiger partial charge in [0.1, 0.15) is 18.0 Å². The molecule has 0 amide bonds. The van der Waals surface area contributed by atoms with Gasteiger partial charge >= 0.3 is 0 Å². The molecule has 17 heavy (non-hydrogen) atoms. The standard InChI is InChI=1S/C10H12BrN5S/c11-7-3-10(17-5-7)16-9-4-8(13-2-1-12)14-6-15-9/h3-6H,1-2,12H2,(H2,13,14,15,16). The first-order valence-electron chi connectivity index (χ1n) is 5.05. The van der Waals surface area contributed by atoms with E-state index in [9.17, 15) is 0 Å². The van der Waals surface area contributed by atoms with Crippen molar-refractivity contribution in [3.05, 3.63) is 28.3 Å². The zero-order valence-electron chi connectivity index (χ0n) is 8.98. The molecule has 2 aromatic heterocycles. The summed E-state index contributed by atoms with van der Waals surface area (Å²) in [6, 6.07) is 3.85. The number of hydrogen-bond acceptors (Lipinski definition) is 6. The fourth-order valence-corrected chi connectivity index (χ4v) is 2.55. The van der Waals surface area contributed by atoms with E-state index in [-0.39, 0.29) is 0 Å². The Balaban J connectivity index is 2.05. The van der Waals surface area contributed by atoms with Crippen molar-refractivity contribution >= 4 is 43.9 Å². The van der Waals surface area contributed by atoms with Gasteiger partial charge in [-0.05, 0) is 22.0 Å². The van der Waals surface area contributed by atoms with E-state index < -0.39 is 0 Å². The van der Waals surface area contributed by atoms with Gasteiger partial charge in [0.2, 0.25) is 0 Å². The molecule has 0 radical (unpaired) electrons. The van der Waals surface area contributed by atoms with Crippen LogP contribution in [0.25, 0.3) is 0 Å². The summed E-state index contributed by atoms with van der Waals surface area (Å²) in [5, 5.41) is 9.35. The molecule has 7 heteroatoms. The number of anilines is 3. The van der Waals surface area contributed by atoms with Gasteiger partial charge in [0, 0.05) is 29.0 Å². The molecule has 0 atom stereocenters. The Morgan fingerprint density at radius 3 is 2.82 bits per heavy atom. The van der Waals surface area contributed by atoms with Crippen LogP contribution in [-0.2, 0) is 0 Å². The van der Waals surface area contributed by atoms with E-state index in [0.29, 0.717) is 13.1 Å². The highest BCUT2D eigenvalue weighted by Gasteiger charge is 2.01. The Morgan fingerprint density at radius 2 is 2.12 bits per heavy atom. The molecule has 4 N–H and O–H groups in total. The van der Waals surface area contributed by atoms with Crippen molar-refractivity contribution in [1.29, 1.82) is 0 Å². The summed E-state index contributed by atoms with van der Waals surface area (Å²) in [6.07, 6.45) is 1.52. The molecule has 0 spiro atoms. The predicted molar refractivity (Wildman–Crippen MR) is 74.9 cm³/mol. The third-order valence-electron chi connectivity index (χ3n) is 1.94. The summed E-state index contributed by atoms with van der Waals surface area (Å²) >= 11 is 5.01. The number of halogens is 1. The molecule has 5 nitrogen and oxygen atoms in total. The first kappa shape index (κ1) is 12.3. The van der Waals surface area contributed by atoms with Crippen molar-refractivity contribution < 1.29 is 0 Å². The lowest BCUT2D eigenvalue weighted by molar-refractivity contribution is 1.00. The van der Waals surface area contributed by atoms with Crippen molar-refractivity contribution in [3.8, 4) is 0 Å². The van der Waals surface area contributed by atoms with Gasteiger partial charge in [-0.25, -0.2) is 9.97 Å². The zero-order valence-corrected chi connectivity index (χ0v) is 11.4. The SMILES string of the molecule is NCCNc1cc(Nc2cc(Br)cs2)ncn1. The topological polar surface area (TPSA) is 75.9 Å². The first-order chi connectivity index (χ1) is 8.28. The molecule has 0 saturated heterocycles.